The van der Waals surface area contributed by atoms with E-state index in [0.717, 1.165) is 29.5 Å². The summed E-state index contributed by atoms with van der Waals surface area (Å²) in [5.41, 5.74) is 2.03. The van der Waals surface area contributed by atoms with Crippen molar-refractivity contribution in [3.05, 3.63) is 59.1 Å². The molecule has 1 saturated carbocycles. The lowest BCUT2D eigenvalue weighted by atomic mass is 9.83. The number of guanidine groups is 1. The monoisotopic (exact) mass is 397 g/mol. The number of amides is 1. The zero-order valence-corrected chi connectivity index (χ0v) is 16.8. The van der Waals surface area contributed by atoms with E-state index in [4.69, 9.17) is 21.7 Å². The number of methoxy groups -OCH3 is 1. The minimum atomic E-state index is -0.881. The number of halogens is 1. The van der Waals surface area contributed by atoms with E-state index in [9.17, 15) is 4.79 Å². The fourth-order valence-corrected chi connectivity index (χ4v) is 4.36. The minimum Gasteiger partial charge on any atom is -0.383 e. The van der Waals surface area contributed by atoms with Gasteiger partial charge in [0, 0.05) is 12.1 Å². The summed E-state index contributed by atoms with van der Waals surface area (Å²) in [4.78, 5) is 15.1. The molecule has 2 aromatic carbocycles. The van der Waals surface area contributed by atoms with E-state index in [1.165, 1.54) is 4.90 Å². The molecule has 4 rings (SSSR count). The maximum Gasteiger partial charge on any atom is 0.260 e. The Morgan fingerprint density at radius 2 is 1.93 bits per heavy atom. The van der Waals surface area contributed by atoms with Gasteiger partial charge in [0.1, 0.15) is 5.54 Å². The van der Waals surface area contributed by atoms with Crippen LogP contribution in [0.15, 0.2) is 48.5 Å². The number of benzene rings is 2. The van der Waals surface area contributed by atoms with Gasteiger partial charge in [-0.05, 0) is 60.6 Å². The first-order chi connectivity index (χ1) is 13.5. The van der Waals surface area contributed by atoms with Crippen LogP contribution in [0.1, 0.15) is 25.3 Å². The molecule has 2 N–H and O–H groups in total. The highest BCUT2D eigenvalue weighted by atomic mass is 35.5. The Balaban J connectivity index is 1.76. The first-order valence-electron chi connectivity index (χ1n) is 9.53. The van der Waals surface area contributed by atoms with Crippen LogP contribution in [0.25, 0.3) is 11.1 Å². The second-order valence-electron chi connectivity index (χ2n) is 7.63. The highest BCUT2D eigenvalue weighted by Crippen LogP contribution is 2.49. The molecule has 1 aliphatic heterocycles. The molecule has 1 heterocycles. The van der Waals surface area contributed by atoms with Crippen LogP contribution in [-0.4, -0.2) is 36.5 Å². The van der Waals surface area contributed by atoms with E-state index in [1.807, 2.05) is 55.5 Å². The molecule has 0 radical (unpaired) electrons. The van der Waals surface area contributed by atoms with Gasteiger partial charge in [0.25, 0.3) is 5.91 Å². The van der Waals surface area contributed by atoms with Gasteiger partial charge in [-0.15, -0.1) is 0 Å². The molecule has 0 bridgehead atoms. The van der Waals surface area contributed by atoms with Crippen molar-refractivity contribution >= 4 is 23.5 Å². The number of hydrogen-bond acceptors (Lipinski definition) is 3. The lowest BCUT2D eigenvalue weighted by Crippen LogP contribution is -2.47. The molecule has 2 aromatic rings. The molecule has 146 valence electrons. The van der Waals surface area contributed by atoms with Crippen molar-refractivity contribution in [3.63, 3.8) is 0 Å². The molecular formula is C22H24ClN3O2. The number of carbonyl (C=O) groups is 1. The molecule has 0 spiro atoms. The topological polar surface area (TPSA) is 65.4 Å². The van der Waals surface area contributed by atoms with Crippen molar-refractivity contribution < 1.29 is 9.53 Å². The van der Waals surface area contributed by atoms with Crippen molar-refractivity contribution in [3.8, 4) is 11.1 Å². The van der Waals surface area contributed by atoms with Crippen molar-refractivity contribution in [2.24, 2.45) is 5.92 Å². The molecule has 0 aromatic heterocycles. The number of hydrogen-bond donors (Lipinski definition) is 2. The van der Waals surface area contributed by atoms with Gasteiger partial charge in [-0.1, -0.05) is 41.9 Å². The van der Waals surface area contributed by atoms with E-state index < -0.39 is 5.54 Å². The van der Waals surface area contributed by atoms with Gasteiger partial charge >= 0.3 is 0 Å². The average molecular weight is 398 g/mol. The standard InChI is InChI=1S/C22H24ClN3O2/c1-14(13-28-2)26-20(27)22(17-9-10-17,25-21(26)24)18-7-3-5-15(11-18)16-6-4-8-19(23)12-16/h3-8,11-12,14,17H,9-10,13H2,1-2H3,(H2,24,25)/t14-,22?/m0/s1. The molecular weight excluding hydrogens is 374 g/mol. The third-order valence-corrected chi connectivity index (χ3v) is 5.86. The maximum absolute atomic E-state index is 13.6. The zero-order chi connectivity index (χ0) is 19.9. The number of rotatable bonds is 6. The van der Waals surface area contributed by atoms with Crippen LogP contribution in [-0.2, 0) is 15.1 Å². The zero-order valence-electron chi connectivity index (χ0n) is 16.0. The van der Waals surface area contributed by atoms with E-state index in [1.54, 1.807) is 7.11 Å². The lowest BCUT2D eigenvalue weighted by Gasteiger charge is -2.29. The molecule has 28 heavy (non-hydrogen) atoms. The molecule has 2 fully saturated rings. The molecule has 1 amide bonds. The summed E-state index contributed by atoms with van der Waals surface area (Å²) in [7, 11) is 1.61. The van der Waals surface area contributed by atoms with Gasteiger partial charge in [-0.25, -0.2) is 0 Å². The molecule has 2 atom stereocenters. The van der Waals surface area contributed by atoms with Crippen molar-refractivity contribution in [2.45, 2.75) is 31.3 Å². The second kappa shape index (κ2) is 7.22. The Morgan fingerprint density at radius 3 is 2.57 bits per heavy atom. The van der Waals surface area contributed by atoms with E-state index in [0.29, 0.717) is 11.6 Å². The van der Waals surface area contributed by atoms with Gasteiger partial charge in [-0.3, -0.25) is 15.1 Å². The van der Waals surface area contributed by atoms with Gasteiger partial charge in [-0.2, -0.15) is 0 Å². The van der Waals surface area contributed by atoms with Crippen LogP contribution in [0.5, 0.6) is 0 Å². The van der Waals surface area contributed by atoms with Gasteiger partial charge in [0.15, 0.2) is 5.96 Å². The second-order valence-corrected chi connectivity index (χ2v) is 8.06. The summed E-state index contributed by atoms with van der Waals surface area (Å²) in [5.74, 6) is 0.275. The van der Waals surface area contributed by atoms with Crippen molar-refractivity contribution in [1.82, 2.24) is 10.2 Å². The van der Waals surface area contributed by atoms with Gasteiger partial charge in [0.05, 0.1) is 12.6 Å². The first kappa shape index (κ1) is 19.0. The fraction of sp³-hybridized carbons (Fsp3) is 0.364. The van der Waals surface area contributed by atoms with Crippen LogP contribution < -0.4 is 5.32 Å². The van der Waals surface area contributed by atoms with Crippen LogP contribution in [0, 0.1) is 11.3 Å². The van der Waals surface area contributed by atoms with E-state index in [-0.39, 0.29) is 23.8 Å². The third-order valence-electron chi connectivity index (χ3n) is 5.63. The summed E-state index contributed by atoms with van der Waals surface area (Å²) in [6, 6.07) is 15.5. The number of nitrogens with zero attached hydrogens (tertiary/aromatic N) is 1. The Kier molecular flexibility index (Phi) is 4.89. The normalized spacial score (nSPS) is 23.0. The highest BCUT2D eigenvalue weighted by Gasteiger charge is 2.59. The largest absolute Gasteiger partial charge is 0.383 e. The summed E-state index contributed by atoms with van der Waals surface area (Å²) < 4.78 is 5.22. The van der Waals surface area contributed by atoms with Gasteiger partial charge in [0.2, 0.25) is 0 Å². The average Bonchev–Trinajstić information content (AvgIpc) is 3.48. The summed E-state index contributed by atoms with van der Waals surface area (Å²) in [5, 5.41) is 12.4. The Labute approximate surface area is 170 Å². The number of ether oxygens (including phenoxy) is 1. The predicted molar refractivity (Wildman–Crippen MR) is 110 cm³/mol. The summed E-state index contributed by atoms with van der Waals surface area (Å²) in [6.45, 7) is 2.29. The molecule has 1 unspecified atom stereocenters. The lowest BCUT2D eigenvalue weighted by molar-refractivity contribution is -0.134. The molecule has 5 nitrogen and oxygen atoms in total. The Morgan fingerprint density at radius 1 is 1.25 bits per heavy atom. The summed E-state index contributed by atoms with van der Waals surface area (Å²) >= 11 is 6.16. The Hall–Kier alpha value is -2.37. The quantitative estimate of drug-likeness (QED) is 0.773. The predicted octanol–water partition coefficient (Wildman–Crippen LogP) is 4.01. The third kappa shape index (κ3) is 3.09. The van der Waals surface area contributed by atoms with Crippen LogP contribution in [0.3, 0.4) is 0 Å². The fourth-order valence-electron chi connectivity index (χ4n) is 4.16. The molecule has 6 heteroatoms. The number of nitrogens with one attached hydrogen (secondary N) is 2. The smallest absolute Gasteiger partial charge is 0.260 e. The SMILES string of the molecule is COC[C@H](C)N1C(=N)NC(c2cccc(-c3cccc(Cl)c3)c2)(C2CC2)C1=O. The molecule has 1 saturated heterocycles. The van der Waals surface area contributed by atoms with E-state index >= 15 is 0 Å². The van der Waals surface area contributed by atoms with E-state index in [2.05, 4.69) is 5.32 Å². The molecule has 1 aliphatic carbocycles. The highest BCUT2D eigenvalue weighted by molar-refractivity contribution is 6.30. The van der Waals surface area contributed by atoms with Crippen LogP contribution in [0.4, 0.5) is 0 Å². The van der Waals surface area contributed by atoms with Crippen LogP contribution >= 0.6 is 11.6 Å². The first-order valence-corrected chi connectivity index (χ1v) is 9.91. The van der Waals surface area contributed by atoms with Gasteiger partial charge < -0.3 is 10.1 Å². The minimum absolute atomic E-state index is 0.0622. The van der Waals surface area contributed by atoms with Crippen LogP contribution in [0.2, 0.25) is 5.02 Å². The number of carbonyl (C=O) groups excluding carboxylic acids is 1. The molecule has 2 aliphatic rings. The van der Waals surface area contributed by atoms with Crippen molar-refractivity contribution in [2.75, 3.05) is 13.7 Å². The summed E-state index contributed by atoms with van der Waals surface area (Å²) in [6.07, 6.45) is 1.94. The maximum atomic E-state index is 13.6. The Bertz CT molecular complexity index is 928. The van der Waals surface area contributed by atoms with Crippen molar-refractivity contribution in [1.29, 1.82) is 5.41 Å².